The van der Waals surface area contributed by atoms with Gasteiger partial charge in [0.05, 0.1) is 8.75 Å². The highest BCUT2D eigenvalue weighted by atomic mass is 31.1. The number of nitrogens with one attached hydrogen (secondary N) is 2. The van der Waals surface area contributed by atoms with Gasteiger partial charge in [0, 0.05) is 56.3 Å². The van der Waals surface area contributed by atoms with Crippen molar-refractivity contribution < 1.29 is 63.0 Å². The van der Waals surface area contributed by atoms with Crippen LogP contribution in [-0.2, 0) is 47.7 Å². The third-order valence-electron chi connectivity index (χ3n) is 7.81. The zero-order valence-electron chi connectivity index (χ0n) is 29.3. The summed E-state index contributed by atoms with van der Waals surface area (Å²) in [4.78, 5) is 110. The number of hydrogen-bond donors (Lipinski definition) is 5. The number of rotatable bonds is 27. The van der Waals surface area contributed by atoms with Crippen LogP contribution in [0.5, 0.6) is 0 Å². The van der Waals surface area contributed by atoms with Gasteiger partial charge in [-0.1, -0.05) is 20.8 Å². The third kappa shape index (κ3) is 19.2. The molecule has 0 aromatic heterocycles. The maximum absolute atomic E-state index is 13.4. The third-order valence-corrected chi connectivity index (χ3v) is 8.20. The van der Waals surface area contributed by atoms with E-state index in [0.717, 1.165) is 0 Å². The Morgan fingerprint density at radius 1 is 0.708 bits per heavy atom. The van der Waals surface area contributed by atoms with Crippen LogP contribution in [0.4, 0.5) is 0 Å². The summed E-state index contributed by atoms with van der Waals surface area (Å²) in [6, 6.07) is -2.79. The largest absolute Gasteiger partial charge is 0.481 e. The van der Waals surface area contributed by atoms with Crippen molar-refractivity contribution in [2.24, 2.45) is 23.7 Å². The van der Waals surface area contributed by atoms with Crippen molar-refractivity contribution in [3.8, 4) is 0 Å². The van der Waals surface area contributed by atoms with Crippen molar-refractivity contribution in [3.63, 3.8) is 0 Å². The molecule has 0 spiro atoms. The Morgan fingerprint density at radius 2 is 1.17 bits per heavy atom. The molecule has 0 aromatic rings. The van der Waals surface area contributed by atoms with Gasteiger partial charge in [-0.15, -0.1) is 0 Å². The van der Waals surface area contributed by atoms with Crippen LogP contribution in [0.1, 0.15) is 105 Å². The molecule has 0 fully saturated rings. The number of carboxylic acid groups (broad SMARTS) is 3. The standard InChI is InChI=1S/C32H51N2O13P/c1-6-20(7-11-27(38)33-23(31(43)44)9-13-29(40)41)25(36)17-22(15-18(2)3)26(37)16-21(19(4)35)8-12-28(39)34-24(32(45)46)10-14-30(42)47-48-5/h18,20-24,48H,6-17H2,1-5H3,(H,33,38)(H,34,39)(H,40,41)(H,43,44)(H,45,46)/i48T. The quantitative estimate of drug-likeness (QED) is 0.0773. The minimum absolute atomic E-state index is 0.0172. The van der Waals surface area contributed by atoms with E-state index in [4.69, 9.17) is 10.9 Å². The first-order valence-electron chi connectivity index (χ1n) is 16.5. The molecule has 5 N–H and O–H groups in total. The molecule has 0 radical (unpaired) electrons. The minimum Gasteiger partial charge on any atom is -0.481 e. The highest BCUT2D eigenvalue weighted by molar-refractivity contribution is 7.31. The van der Waals surface area contributed by atoms with E-state index in [2.05, 4.69) is 10.6 Å². The summed E-state index contributed by atoms with van der Waals surface area (Å²) in [7, 11) is -1.72. The molecule has 0 aliphatic carbocycles. The van der Waals surface area contributed by atoms with Gasteiger partial charge >= 0.3 is 23.9 Å². The summed E-state index contributed by atoms with van der Waals surface area (Å²) in [5, 5.41) is 32.1. The van der Waals surface area contributed by atoms with Crippen molar-refractivity contribution in [1.82, 2.24) is 10.6 Å². The van der Waals surface area contributed by atoms with Crippen LogP contribution in [0.3, 0.4) is 0 Å². The monoisotopic (exact) mass is 704 g/mol. The van der Waals surface area contributed by atoms with E-state index >= 15 is 0 Å². The Balaban J connectivity index is 5.34. The molecule has 0 aromatic carbocycles. The number of ketones is 3. The fourth-order valence-electron chi connectivity index (χ4n) is 5.09. The Hall–Kier alpha value is -3.74. The van der Waals surface area contributed by atoms with Crippen LogP contribution in [-0.4, -0.2) is 88.4 Å². The maximum Gasteiger partial charge on any atom is 0.326 e. The molecular weight excluding hydrogens is 651 g/mol. The van der Waals surface area contributed by atoms with Gasteiger partial charge in [0.25, 0.3) is 0 Å². The number of Topliss-reactive ketones (excluding diaryl/α,β-unsaturated/α-hetero) is 3. The van der Waals surface area contributed by atoms with Crippen molar-refractivity contribution >= 4 is 61.8 Å². The molecule has 6 atom stereocenters. The number of aliphatic carboxylic acids is 3. The zero-order valence-corrected chi connectivity index (χ0v) is 29.2. The van der Waals surface area contributed by atoms with Gasteiger partial charge in [-0.05, 0) is 58.0 Å². The lowest BCUT2D eigenvalue weighted by atomic mass is 9.80. The van der Waals surface area contributed by atoms with Gasteiger partial charge in [-0.25, -0.2) is 9.59 Å². The van der Waals surface area contributed by atoms with Crippen molar-refractivity contribution in [2.75, 3.05) is 6.66 Å². The van der Waals surface area contributed by atoms with Crippen LogP contribution in [0.15, 0.2) is 0 Å². The van der Waals surface area contributed by atoms with Gasteiger partial charge in [-0.3, -0.25) is 33.6 Å². The van der Waals surface area contributed by atoms with E-state index < -0.39 is 80.7 Å². The summed E-state index contributed by atoms with van der Waals surface area (Å²) in [6.07, 6.45) is -1.44. The number of carbonyl (C=O) groups excluding carboxylic acids is 6. The second-order valence-corrected chi connectivity index (χ2v) is 12.7. The molecule has 0 rings (SSSR count). The molecule has 6 unspecified atom stereocenters. The molecule has 16 heteroatoms. The van der Waals surface area contributed by atoms with E-state index in [1.807, 2.05) is 13.8 Å². The van der Waals surface area contributed by atoms with Crippen LogP contribution < -0.4 is 10.6 Å². The molecule has 2 amide bonds. The molecule has 0 saturated carbocycles. The second-order valence-electron chi connectivity index (χ2n) is 12.2. The van der Waals surface area contributed by atoms with E-state index in [9.17, 15) is 53.4 Å². The van der Waals surface area contributed by atoms with E-state index in [0.29, 0.717) is 12.8 Å². The van der Waals surface area contributed by atoms with Crippen LogP contribution in [0.2, 0.25) is 0 Å². The lowest BCUT2D eigenvalue weighted by Crippen LogP contribution is -2.41. The lowest BCUT2D eigenvalue weighted by Gasteiger charge is -2.23. The smallest absolute Gasteiger partial charge is 0.326 e. The zero-order chi connectivity index (χ0) is 37.8. The summed E-state index contributed by atoms with van der Waals surface area (Å²) < 4.78 is 12.0. The predicted octanol–water partition coefficient (Wildman–Crippen LogP) is 2.91. The van der Waals surface area contributed by atoms with Crippen LogP contribution >= 0.6 is 8.75 Å². The Bertz CT molecular complexity index is 1190. The molecule has 0 saturated heterocycles. The fourth-order valence-corrected chi connectivity index (χ4v) is 5.39. The second kappa shape index (κ2) is 23.6. The minimum atomic E-state index is -1.72. The lowest BCUT2D eigenvalue weighted by molar-refractivity contribution is -0.143. The van der Waals surface area contributed by atoms with Crippen molar-refractivity contribution in [3.05, 3.63) is 0 Å². The van der Waals surface area contributed by atoms with Gasteiger partial charge in [0.1, 0.15) is 30.7 Å². The Morgan fingerprint density at radius 3 is 1.58 bits per heavy atom. The summed E-state index contributed by atoms with van der Waals surface area (Å²) in [5.41, 5.74) is 0. The molecule has 0 aliphatic rings. The van der Waals surface area contributed by atoms with Crippen molar-refractivity contribution in [2.45, 2.75) is 117 Å². The average Bonchev–Trinajstić information content (AvgIpc) is 2.98. The van der Waals surface area contributed by atoms with Gasteiger partial charge in [0.2, 0.25) is 11.8 Å². The van der Waals surface area contributed by atoms with Crippen LogP contribution in [0, 0.1) is 23.7 Å². The normalized spacial score (nSPS) is 15.1. The highest BCUT2D eigenvalue weighted by Gasteiger charge is 2.30. The number of amides is 2. The number of carbonyl (C=O) groups is 9. The molecular formula is C32H51N2O13P. The first-order chi connectivity index (χ1) is 22.8. The van der Waals surface area contributed by atoms with E-state index in [1.165, 1.54) is 13.6 Å². The highest BCUT2D eigenvalue weighted by Crippen LogP contribution is 2.26. The first kappa shape index (κ1) is 42.3. The molecule has 0 bridgehead atoms. The number of hydrogen-bond acceptors (Lipinski definition) is 10. The average molecular weight is 705 g/mol. The Kier molecular flexibility index (Phi) is 20.8. The maximum atomic E-state index is 13.4. The van der Waals surface area contributed by atoms with E-state index in [-0.39, 0.29) is 81.1 Å². The molecule has 272 valence electrons. The number of carboxylic acids is 3. The summed E-state index contributed by atoms with van der Waals surface area (Å²) in [6.45, 7) is 8.13. The SMILES string of the molecule is [3H]P(C)OC(=O)CCC(NC(=O)CCC(CC(=O)C(CC(=O)C(CC)CCC(=O)NC(CCC(=O)O)C(=O)O)CC(C)C)C(C)=O)C(=O)O. The van der Waals surface area contributed by atoms with E-state index in [1.54, 1.807) is 6.92 Å². The molecule has 0 heterocycles. The molecule has 0 aliphatic heterocycles. The first-order valence-corrected chi connectivity index (χ1v) is 17.3. The molecule has 48 heavy (non-hydrogen) atoms. The van der Waals surface area contributed by atoms with Crippen molar-refractivity contribution in [1.29, 1.82) is 1.28 Å². The molecule has 15 nitrogen and oxygen atoms in total. The Labute approximate surface area is 283 Å². The van der Waals surface area contributed by atoms with Crippen LogP contribution in [0.25, 0.3) is 0 Å². The summed E-state index contributed by atoms with van der Waals surface area (Å²) >= 11 is 0. The fraction of sp³-hybridized carbons (Fsp3) is 0.719. The van der Waals surface area contributed by atoms with Gasteiger partial charge in [0.15, 0.2) is 0 Å². The van der Waals surface area contributed by atoms with Gasteiger partial charge < -0.3 is 30.5 Å². The topological polar surface area (TPSA) is 248 Å². The predicted molar refractivity (Wildman–Crippen MR) is 174 cm³/mol. The van der Waals surface area contributed by atoms with Gasteiger partial charge in [-0.2, -0.15) is 0 Å². The summed E-state index contributed by atoms with van der Waals surface area (Å²) in [5.74, 6) is -9.23.